The number of anilines is 1. The summed E-state index contributed by atoms with van der Waals surface area (Å²) >= 11 is 0. The first-order valence-corrected chi connectivity index (χ1v) is 11.3. The van der Waals surface area contributed by atoms with Crippen molar-refractivity contribution in [2.75, 3.05) is 24.5 Å². The van der Waals surface area contributed by atoms with Gasteiger partial charge in [0.15, 0.2) is 4.91 Å². The van der Waals surface area contributed by atoms with Crippen molar-refractivity contribution < 1.29 is 13.5 Å². The van der Waals surface area contributed by atoms with Gasteiger partial charge in [-0.05, 0) is 67.3 Å². The average molecular weight is 416 g/mol. The Hall–Kier alpha value is -2.40. The van der Waals surface area contributed by atoms with E-state index in [1.807, 2.05) is 36.4 Å². The summed E-state index contributed by atoms with van der Waals surface area (Å²) in [6, 6.07) is 13.6. The van der Waals surface area contributed by atoms with Crippen LogP contribution in [0.15, 0.2) is 41.3 Å². The molecule has 29 heavy (non-hydrogen) atoms. The fourth-order valence-corrected chi connectivity index (χ4v) is 4.35. The lowest BCUT2D eigenvalue weighted by Gasteiger charge is -2.21. The Balaban J connectivity index is 2.43. The summed E-state index contributed by atoms with van der Waals surface area (Å²) in [4.78, 5) is 1.93. The molecule has 1 unspecified atom stereocenters. The van der Waals surface area contributed by atoms with Crippen LogP contribution in [0.5, 0.6) is 0 Å². The van der Waals surface area contributed by atoms with Crippen LogP contribution in [-0.2, 0) is 10.0 Å². The van der Waals surface area contributed by atoms with Crippen LogP contribution in [0.25, 0.3) is 16.3 Å². The molecular weight excluding hydrogens is 386 g/mol. The monoisotopic (exact) mass is 415 g/mol. The fraction of sp³-hybridized carbons (Fsp3) is 0.409. The van der Waals surface area contributed by atoms with E-state index in [9.17, 15) is 18.8 Å². The number of sulfonamides is 1. The fourth-order valence-electron chi connectivity index (χ4n) is 3.15. The van der Waals surface area contributed by atoms with Gasteiger partial charge in [0.05, 0.1) is 6.10 Å². The van der Waals surface area contributed by atoms with Crippen molar-refractivity contribution in [3.8, 4) is 6.07 Å². The lowest BCUT2D eigenvalue weighted by Crippen LogP contribution is -2.32. The Morgan fingerprint density at radius 3 is 2.34 bits per heavy atom. The van der Waals surface area contributed by atoms with Gasteiger partial charge in [-0.1, -0.05) is 25.1 Å². The summed E-state index contributed by atoms with van der Waals surface area (Å²) in [5, 5.41) is 21.1. The highest BCUT2D eigenvalue weighted by molar-refractivity contribution is 7.93. The molecular formula is C22H29N3O3S. The number of benzene rings is 2. The van der Waals surface area contributed by atoms with Crippen molar-refractivity contribution in [2.24, 2.45) is 0 Å². The minimum atomic E-state index is -4.00. The zero-order chi connectivity index (χ0) is 21.6. The number of nitrogens with one attached hydrogen (secondary N) is 1. The minimum Gasteiger partial charge on any atom is -0.392 e. The summed E-state index contributed by atoms with van der Waals surface area (Å²) < 4.78 is 27.4. The van der Waals surface area contributed by atoms with Crippen molar-refractivity contribution in [3.05, 3.63) is 46.9 Å². The molecule has 7 heteroatoms. The minimum absolute atomic E-state index is 0.122. The molecule has 156 valence electrons. The number of hydrogen-bond donors (Lipinski definition) is 2. The van der Waals surface area contributed by atoms with Crippen molar-refractivity contribution >= 4 is 32.1 Å². The standard InChI is InChI=1S/C22H29N3O3S/c1-5-21(26)15-24-29(27,28)22(14-23)16(4)17-8-9-19-13-20(25(6-2)7-3)11-10-18(19)12-17/h8-13,21,24,26H,5-7,15H2,1-4H3/b22-16+. The highest BCUT2D eigenvalue weighted by Crippen LogP contribution is 2.28. The molecule has 0 bridgehead atoms. The molecule has 0 amide bonds. The lowest BCUT2D eigenvalue weighted by molar-refractivity contribution is 0.174. The van der Waals surface area contributed by atoms with Crippen LogP contribution in [0.3, 0.4) is 0 Å². The predicted octanol–water partition coefficient (Wildman–Crippen LogP) is 3.63. The third-order valence-corrected chi connectivity index (χ3v) is 6.56. The molecule has 2 N–H and O–H groups in total. The molecule has 0 saturated heterocycles. The Labute approximate surface area is 173 Å². The maximum Gasteiger partial charge on any atom is 0.251 e. The molecule has 1 atom stereocenters. The number of rotatable bonds is 9. The molecule has 0 aliphatic rings. The topological polar surface area (TPSA) is 93.4 Å². The van der Waals surface area contributed by atoms with E-state index in [-0.39, 0.29) is 11.4 Å². The molecule has 0 heterocycles. The number of nitrogens with zero attached hydrogens (tertiary/aromatic N) is 2. The van der Waals surface area contributed by atoms with Gasteiger partial charge in [-0.15, -0.1) is 0 Å². The van der Waals surface area contributed by atoms with E-state index < -0.39 is 16.1 Å². The van der Waals surface area contributed by atoms with E-state index >= 15 is 0 Å². The second kappa shape index (κ2) is 9.88. The number of nitriles is 1. The lowest BCUT2D eigenvalue weighted by atomic mass is 10.0. The molecule has 0 aromatic heterocycles. The summed E-state index contributed by atoms with van der Waals surface area (Å²) in [5.41, 5.74) is 2.19. The molecule has 2 aromatic carbocycles. The third kappa shape index (κ3) is 5.36. The van der Waals surface area contributed by atoms with Gasteiger partial charge in [0.25, 0.3) is 10.0 Å². The van der Waals surface area contributed by atoms with Crippen LogP contribution >= 0.6 is 0 Å². The highest BCUT2D eigenvalue weighted by atomic mass is 32.2. The summed E-state index contributed by atoms with van der Waals surface area (Å²) in [6.45, 7) is 9.33. The van der Waals surface area contributed by atoms with Gasteiger partial charge in [-0.3, -0.25) is 0 Å². The van der Waals surface area contributed by atoms with Gasteiger partial charge in [-0.25, -0.2) is 13.1 Å². The summed E-state index contributed by atoms with van der Waals surface area (Å²) in [7, 11) is -4.00. The number of aliphatic hydroxyl groups is 1. The van der Waals surface area contributed by atoms with Crippen molar-refractivity contribution in [2.45, 2.75) is 40.2 Å². The van der Waals surface area contributed by atoms with Gasteiger partial charge in [0.2, 0.25) is 0 Å². The SMILES string of the molecule is CCC(O)CNS(=O)(=O)/C(C#N)=C(\C)c1ccc2cc(N(CC)CC)ccc2c1. The molecule has 0 saturated carbocycles. The second-order valence-corrected chi connectivity index (χ2v) is 8.60. The van der Waals surface area contributed by atoms with E-state index in [2.05, 4.69) is 29.5 Å². The molecule has 0 radical (unpaired) electrons. The Morgan fingerprint density at radius 1 is 1.14 bits per heavy atom. The normalized spacial score (nSPS) is 13.7. The molecule has 0 aliphatic carbocycles. The zero-order valence-electron chi connectivity index (χ0n) is 17.4. The van der Waals surface area contributed by atoms with Gasteiger partial charge in [-0.2, -0.15) is 5.26 Å². The maximum atomic E-state index is 12.5. The van der Waals surface area contributed by atoms with E-state index in [0.29, 0.717) is 17.6 Å². The smallest absolute Gasteiger partial charge is 0.251 e. The molecule has 2 aromatic rings. The summed E-state index contributed by atoms with van der Waals surface area (Å²) in [6.07, 6.45) is -0.363. The number of hydrogen-bond acceptors (Lipinski definition) is 5. The quantitative estimate of drug-likeness (QED) is 0.610. The van der Waals surface area contributed by atoms with Crippen molar-refractivity contribution in [3.63, 3.8) is 0 Å². The summed E-state index contributed by atoms with van der Waals surface area (Å²) in [5.74, 6) is 0. The van der Waals surface area contributed by atoms with Crippen LogP contribution in [0.4, 0.5) is 5.69 Å². The zero-order valence-corrected chi connectivity index (χ0v) is 18.3. The third-order valence-electron chi connectivity index (χ3n) is 5.08. The van der Waals surface area contributed by atoms with Gasteiger partial charge in [0.1, 0.15) is 6.07 Å². The van der Waals surface area contributed by atoms with Crippen LogP contribution in [0.1, 0.15) is 39.7 Å². The van der Waals surface area contributed by atoms with E-state index in [4.69, 9.17) is 0 Å². The van der Waals surface area contributed by atoms with E-state index in [1.54, 1.807) is 13.8 Å². The molecule has 0 spiro atoms. The van der Waals surface area contributed by atoms with Crippen molar-refractivity contribution in [1.82, 2.24) is 4.72 Å². The first-order valence-electron chi connectivity index (χ1n) is 9.85. The molecule has 2 rings (SSSR count). The highest BCUT2D eigenvalue weighted by Gasteiger charge is 2.22. The molecule has 0 fully saturated rings. The van der Waals surface area contributed by atoms with Crippen LogP contribution in [0.2, 0.25) is 0 Å². The largest absolute Gasteiger partial charge is 0.392 e. The maximum absolute atomic E-state index is 12.5. The number of fused-ring (bicyclic) bond motifs is 1. The van der Waals surface area contributed by atoms with Crippen LogP contribution in [0, 0.1) is 11.3 Å². The van der Waals surface area contributed by atoms with E-state index in [1.165, 1.54) is 0 Å². The second-order valence-electron chi connectivity index (χ2n) is 6.90. The molecule has 0 aliphatic heterocycles. The molecule has 6 nitrogen and oxygen atoms in total. The van der Waals surface area contributed by atoms with Gasteiger partial charge >= 0.3 is 0 Å². The predicted molar refractivity (Wildman–Crippen MR) is 119 cm³/mol. The van der Waals surface area contributed by atoms with E-state index in [0.717, 1.165) is 29.5 Å². The van der Waals surface area contributed by atoms with Gasteiger partial charge < -0.3 is 10.0 Å². The Morgan fingerprint density at radius 2 is 1.76 bits per heavy atom. The van der Waals surface area contributed by atoms with Crippen molar-refractivity contribution in [1.29, 1.82) is 5.26 Å². The average Bonchev–Trinajstić information content (AvgIpc) is 2.72. The van der Waals surface area contributed by atoms with Gasteiger partial charge in [0, 0.05) is 25.3 Å². The Bertz CT molecular complexity index is 1030. The van der Waals surface area contributed by atoms with Crippen LogP contribution in [-0.4, -0.2) is 39.3 Å². The first kappa shape index (κ1) is 22.9. The Kier molecular flexibility index (Phi) is 7.80. The first-order chi connectivity index (χ1) is 13.8. The number of aliphatic hydroxyl groups excluding tert-OH is 1. The van der Waals surface area contributed by atoms with Crippen LogP contribution < -0.4 is 9.62 Å². The number of allylic oxidation sites excluding steroid dienone is 2.